The summed E-state index contributed by atoms with van der Waals surface area (Å²) in [4.78, 5) is 15.6. The standard InChI is InChI=1S/C16H9NO2S2/c18-11-8-13(9-4-2-1-3-5-9)19-12-7-6-10-15(14(11)12)21-16(20)17-10/h1-8H,(H,17,20). The third-order valence-electron chi connectivity index (χ3n) is 3.34. The van der Waals surface area contributed by atoms with Gasteiger partial charge in [0.05, 0.1) is 15.6 Å². The van der Waals surface area contributed by atoms with E-state index in [4.69, 9.17) is 16.6 Å². The summed E-state index contributed by atoms with van der Waals surface area (Å²) in [5.41, 5.74) is 2.29. The predicted molar refractivity (Wildman–Crippen MR) is 88.5 cm³/mol. The van der Waals surface area contributed by atoms with Crippen molar-refractivity contribution in [2.45, 2.75) is 0 Å². The minimum atomic E-state index is -0.0500. The van der Waals surface area contributed by atoms with Crippen LogP contribution in [0.4, 0.5) is 0 Å². The molecule has 0 fully saturated rings. The maximum absolute atomic E-state index is 12.5. The summed E-state index contributed by atoms with van der Waals surface area (Å²) in [5.74, 6) is 0.576. The van der Waals surface area contributed by atoms with Gasteiger partial charge in [-0.1, -0.05) is 30.3 Å². The Hall–Kier alpha value is -2.24. The lowest BCUT2D eigenvalue weighted by molar-refractivity contribution is 0.619. The molecular weight excluding hydrogens is 302 g/mol. The molecule has 0 atom stereocenters. The van der Waals surface area contributed by atoms with Gasteiger partial charge in [0.1, 0.15) is 11.3 Å². The van der Waals surface area contributed by atoms with Crippen LogP contribution in [-0.4, -0.2) is 4.98 Å². The van der Waals surface area contributed by atoms with E-state index < -0.39 is 0 Å². The first kappa shape index (κ1) is 12.5. The number of nitrogens with one attached hydrogen (secondary N) is 1. The highest BCUT2D eigenvalue weighted by atomic mass is 32.1. The molecule has 2 aromatic heterocycles. The maximum atomic E-state index is 12.5. The van der Waals surface area contributed by atoms with Gasteiger partial charge in [-0.15, -0.1) is 11.3 Å². The number of aromatic amines is 1. The van der Waals surface area contributed by atoms with E-state index in [1.165, 1.54) is 11.3 Å². The second-order valence-corrected chi connectivity index (χ2v) is 6.36. The molecule has 0 saturated carbocycles. The van der Waals surface area contributed by atoms with Crippen LogP contribution >= 0.6 is 23.6 Å². The molecule has 5 heteroatoms. The highest BCUT2D eigenvalue weighted by Crippen LogP contribution is 2.29. The monoisotopic (exact) mass is 311 g/mol. The topological polar surface area (TPSA) is 46.0 Å². The van der Waals surface area contributed by atoms with Gasteiger partial charge in [-0.25, -0.2) is 0 Å². The van der Waals surface area contributed by atoms with E-state index in [0.29, 0.717) is 20.7 Å². The smallest absolute Gasteiger partial charge is 0.194 e. The van der Waals surface area contributed by atoms with E-state index in [0.717, 1.165) is 15.8 Å². The van der Waals surface area contributed by atoms with Crippen molar-refractivity contribution in [3.05, 3.63) is 62.7 Å². The zero-order valence-electron chi connectivity index (χ0n) is 10.8. The Kier molecular flexibility index (Phi) is 2.77. The van der Waals surface area contributed by atoms with Gasteiger partial charge in [-0.2, -0.15) is 0 Å². The Bertz CT molecular complexity index is 1070. The van der Waals surface area contributed by atoms with E-state index in [2.05, 4.69) is 4.98 Å². The van der Waals surface area contributed by atoms with Crippen LogP contribution in [0.3, 0.4) is 0 Å². The van der Waals surface area contributed by atoms with E-state index in [1.54, 1.807) is 6.07 Å². The summed E-state index contributed by atoms with van der Waals surface area (Å²) < 4.78 is 7.41. The van der Waals surface area contributed by atoms with Crippen LogP contribution in [0.5, 0.6) is 0 Å². The van der Waals surface area contributed by atoms with E-state index in [1.807, 2.05) is 42.5 Å². The van der Waals surface area contributed by atoms with Crippen molar-refractivity contribution >= 4 is 44.7 Å². The molecule has 3 nitrogen and oxygen atoms in total. The van der Waals surface area contributed by atoms with Crippen molar-refractivity contribution < 1.29 is 4.42 Å². The first-order chi connectivity index (χ1) is 10.2. The van der Waals surface area contributed by atoms with Crippen molar-refractivity contribution in [3.63, 3.8) is 0 Å². The fraction of sp³-hybridized carbons (Fsp3) is 0. The molecule has 2 aromatic carbocycles. The SMILES string of the molecule is O=c1cc(-c2ccccc2)oc2ccc3[nH]c(=S)sc3c12. The van der Waals surface area contributed by atoms with Crippen molar-refractivity contribution in [2.75, 3.05) is 0 Å². The van der Waals surface area contributed by atoms with Gasteiger partial charge < -0.3 is 9.40 Å². The molecule has 0 unspecified atom stereocenters. The number of fused-ring (bicyclic) bond motifs is 3. The number of hydrogen-bond donors (Lipinski definition) is 1. The third-order valence-corrected chi connectivity index (χ3v) is 4.61. The first-order valence-electron chi connectivity index (χ1n) is 6.37. The number of benzene rings is 2. The van der Waals surface area contributed by atoms with Gasteiger partial charge in [0.25, 0.3) is 0 Å². The maximum Gasteiger partial charge on any atom is 0.194 e. The van der Waals surface area contributed by atoms with Gasteiger partial charge in [-0.05, 0) is 24.4 Å². The van der Waals surface area contributed by atoms with Crippen molar-refractivity contribution in [1.82, 2.24) is 4.98 Å². The fourth-order valence-electron chi connectivity index (χ4n) is 2.40. The van der Waals surface area contributed by atoms with Crippen molar-refractivity contribution in [2.24, 2.45) is 0 Å². The van der Waals surface area contributed by atoms with Crippen molar-refractivity contribution in [3.8, 4) is 11.3 Å². The Morgan fingerprint density at radius 3 is 2.71 bits per heavy atom. The summed E-state index contributed by atoms with van der Waals surface area (Å²) >= 11 is 6.55. The summed E-state index contributed by atoms with van der Waals surface area (Å²) in [6, 6.07) is 14.8. The Balaban J connectivity index is 2.10. The molecule has 0 saturated heterocycles. The molecule has 21 heavy (non-hydrogen) atoms. The van der Waals surface area contributed by atoms with Crippen LogP contribution in [0.2, 0.25) is 0 Å². The van der Waals surface area contributed by atoms with Crippen LogP contribution in [0.25, 0.3) is 32.5 Å². The van der Waals surface area contributed by atoms with Crippen molar-refractivity contribution in [1.29, 1.82) is 0 Å². The average Bonchev–Trinajstić information content (AvgIpc) is 2.88. The highest BCUT2D eigenvalue weighted by Gasteiger charge is 2.11. The second kappa shape index (κ2) is 4.65. The van der Waals surface area contributed by atoms with Crippen LogP contribution in [-0.2, 0) is 0 Å². The minimum absolute atomic E-state index is 0.0500. The van der Waals surface area contributed by atoms with Gasteiger partial charge in [-0.3, -0.25) is 4.79 Å². The number of rotatable bonds is 1. The average molecular weight is 311 g/mol. The van der Waals surface area contributed by atoms with Crippen LogP contribution < -0.4 is 5.43 Å². The van der Waals surface area contributed by atoms with E-state index >= 15 is 0 Å². The molecule has 0 radical (unpaired) electrons. The number of H-pyrrole nitrogens is 1. The molecule has 4 aromatic rings. The molecule has 0 spiro atoms. The lowest BCUT2D eigenvalue weighted by Crippen LogP contribution is -2.00. The second-order valence-electron chi connectivity index (χ2n) is 4.67. The Labute approximate surface area is 128 Å². The van der Waals surface area contributed by atoms with Gasteiger partial charge >= 0.3 is 0 Å². The lowest BCUT2D eigenvalue weighted by Gasteiger charge is -2.03. The molecular formula is C16H9NO2S2. The van der Waals surface area contributed by atoms with Gasteiger partial charge in [0.15, 0.2) is 9.38 Å². The lowest BCUT2D eigenvalue weighted by atomic mass is 10.1. The summed E-state index contributed by atoms with van der Waals surface area (Å²) in [5, 5.41) is 0.588. The van der Waals surface area contributed by atoms with Crippen LogP contribution in [0.15, 0.2) is 57.7 Å². The summed E-state index contributed by atoms with van der Waals surface area (Å²) in [7, 11) is 0. The van der Waals surface area contributed by atoms with Crippen LogP contribution in [0.1, 0.15) is 0 Å². The molecule has 0 bridgehead atoms. The molecule has 1 N–H and O–H groups in total. The minimum Gasteiger partial charge on any atom is -0.456 e. The number of thiazole rings is 1. The quantitative estimate of drug-likeness (QED) is 0.517. The zero-order chi connectivity index (χ0) is 14.4. The fourth-order valence-corrected chi connectivity index (χ4v) is 3.64. The molecule has 2 heterocycles. The van der Waals surface area contributed by atoms with Gasteiger partial charge in [0, 0.05) is 11.6 Å². The Morgan fingerprint density at radius 1 is 1.10 bits per heavy atom. The number of aromatic nitrogens is 1. The first-order valence-corrected chi connectivity index (χ1v) is 7.60. The molecule has 0 amide bonds. The molecule has 0 aliphatic carbocycles. The van der Waals surface area contributed by atoms with E-state index in [9.17, 15) is 4.79 Å². The highest BCUT2D eigenvalue weighted by molar-refractivity contribution is 7.73. The van der Waals surface area contributed by atoms with E-state index in [-0.39, 0.29) is 5.43 Å². The molecule has 102 valence electrons. The largest absolute Gasteiger partial charge is 0.456 e. The summed E-state index contributed by atoms with van der Waals surface area (Å²) in [6.45, 7) is 0. The summed E-state index contributed by atoms with van der Waals surface area (Å²) in [6.07, 6.45) is 0. The molecule has 0 aliphatic heterocycles. The zero-order valence-corrected chi connectivity index (χ0v) is 12.4. The van der Waals surface area contributed by atoms with Crippen LogP contribution in [0, 0.1) is 3.95 Å². The third kappa shape index (κ3) is 2.02. The van der Waals surface area contributed by atoms with Gasteiger partial charge in [0.2, 0.25) is 0 Å². The molecule has 4 rings (SSSR count). The normalized spacial score (nSPS) is 11.2. The number of hydrogen-bond acceptors (Lipinski definition) is 4. The molecule has 0 aliphatic rings. The predicted octanol–water partition coefficient (Wildman–Crippen LogP) is 4.73. The Morgan fingerprint density at radius 2 is 1.90 bits per heavy atom.